The van der Waals surface area contributed by atoms with E-state index in [0.717, 1.165) is 11.3 Å². The number of benzene rings is 1. The van der Waals surface area contributed by atoms with Crippen LogP contribution in [0.1, 0.15) is 15.9 Å². The number of anilines is 2. The van der Waals surface area contributed by atoms with Crippen LogP contribution in [0.2, 0.25) is 0 Å². The van der Waals surface area contributed by atoms with Gasteiger partial charge >= 0.3 is 0 Å². The zero-order chi connectivity index (χ0) is 19.1. The molecule has 3 aromatic rings. The molecule has 0 bridgehead atoms. The molecule has 0 aliphatic rings. The van der Waals surface area contributed by atoms with E-state index in [1.807, 2.05) is 24.3 Å². The van der Waals surface area contributed by atoms with E-state index in [1.165, 1.54) is 6.20 Å². The third kappa shape index (κ3) is 4.72. The maximum atomic E-state index is 12.4. The number of nitrogens with one attached hydrogen (secondary N) is 2. The summed E-state index contributed by atoms with van der Waals surface area (Å²) in [6.45, 7) is 0.425. The lowest BCUT2D eigenvalue weighted by Gasteiger charge is -2.12. The molecule has 2 N–H and O–H groups in total. The number of rotatable bonds is 7. The van der Waals surface area contributed by atoms with E-state index >= 15 is 0 Å². The van der Waals surface area contributed by atoms with E-state index in [0.29, 0.717) is 29.3 Å². The number of methoxy groups -OCH3 is 2. The molecular formula is C20H20N4O3. The topological polar surface area (TPSA) is 85.4 Å². The molecule has 7 nitrogen and oxygen atoms in total. The summed E-state index contributed by atoms with van der Waals surface area (Å²) < 4.78 is 10.5. The van der Waals surface area contributed by atoms with E-state index in [2.05, 4.69) is 20.6 Å². The zero-order valence-electron chi connectivity index (χ0n) is 15.1. The van der Waals surface area contributed by atoms with Crippen LogP contribution in [0.4, 0.5) is 11.4 Å². The molecule has 0 saturated heterocycles. The van der Waals surface area contributed by atoms with Crippen LogP contribution in [0.25, 0.3) is 0 Å². The molecule has 0 spiro atoms. The number of pyridine rings is 2. The normalized spacial score (nSPS) is 10.1. The first kappa shape index (κ1) is 18.2. The molecule has 2 aromatic heterocycles. The van der Waals surface area contributed by atoms with Crippen LogP contribution in [0.5, 0.6) is 11.5 Å². The van der Waals surface area contributed by atoms with Crippen LogP contribution in [-0.4, -0.2) is 30.1 Å². The van der Waals surface area contributed by atoms with Crippen molar-refractivity contribution in [2.75, 3.05) is 19.5 Å². The molecule has 0 unspecified atom stereocenters. The van der Waals surface area contributed by atoms with E-state index in [4.69, 9.17) is 9.47 Å². The molecule has 7 heteroatoms. The van der Waals surface area contributed by atoms with E-state index in [-0.39, 0.29) is 5.91 Å². The second-order valence-electron chi connectivity index (χ2n) is 5.70. The third-order valence-electron chi connectivity index (χ3n) is 3.88. The van der Waals surface area contributed by atoms with Gasteiger partial charge in [-0.1, -0.05) is 0 Å². The highest BCUT2D eigenvalue weighted by Crippen LogP contribution is 2.31. The summed E-state index contributed by atoms with van der Waals surface area (Å²) in [5.41, 5.74) is 2.93. The summed E-state index contributed by atoms with van der Waals surface area (Å²) in [6.07, 6.45) is 6.56. The SMILES string of the molecule is COc1ccc(Nc2cncc(C(=O)NCc3ccncc3)c2)cc1OC. The second-order valence-corrected chi connectivity index (χ2v) is 5.70. The fourth-order valence-corrected chi connectivity index (χ4v) is 2.50. The van der Waals surface area contributed by atoms with Gasteiger partial charge in [0.1, 0.15) is 0 Å². The van der Waals surface area contributed by atoms with Crippen molar-refractivity contribution in [2.45, 2.75) is 6.54 Å². The molecule has 3 rings (SSSR count). The Balaban J connectivity index is 1.69. The smallest absolute Gasteiger partial charge is 0.253 e. The Morgan fingerprint density at radius 3 is 2.44 bits per heavy atom. The molecule has 138 valence electrons. The Bertz CT molecular complexity index is 916. The van der Waals surface area contributed by atoms with Gasteiger partial charge in [-0.15, -0.1) is 0 Å². The van der Waals surface area contributed by atoms with Gasteiger partial charge < -0.3 is 20.1 Å². The predicted octanol–water partition coefficient (Wildman–Crippen LogP) is 3.17. The van der Waals surface area contributed by atoms with Crippen LogP contribution in [0.3, 0.4) is 0 Å². The predicted molar refractivity (Wildman–Crippen MR) is 102 cm³/mol. The highest BCUT2D eigenvalue weighted by atomic mass is 16.5. The molecule has 1 aromatic carbocycles. The van der Waals surface area contributed by atoms with Crippen molar-refractivity contribution >= 4 is 17.3 Å². The van der Waals surface area contributed by atoms with Crippen molar-refractivity contribution < 1.29 is 14.3 Å². The quantitative estimate of drug-likeness (QED) is 0.670. The molecule has 1 amide bonds. The summed E-state index contributed by atoms with van der Waals surface area (Å²) in [6, 6.07) is 10.9. The number of carbonyl (C=O) groups excluding carboxylic acids is 1. The first-order valence-corrected chi connectivity index (χ1v) is 8.31. The summed E-state index contributed by atoms with van der Waals surface area (Å²) in [5, 5.41) is 6.08. The summed E-state index contributed by atoms with van der Waals surface area (Å²) in [4.78, 5) is 20.5. The van der Waals surface area contributed by atoms with Gasteiger partial charge in [-0.2, -0.15) is 0 Å². The summed E-state index contributed by atoms with van der Waals surface area (Å²) in [5.74, 6) is 1.06. The third-order valence-corrected chi connectivity index (χ3v) is 3.88. The van der Waals surface area contributed by atoms with Gasteiger partial charge in [0.25, 0.3) is 5.91 Å². The van der Waals surface area contributed by atoms with Crippen molar-refractivity contribution in [3.05, 3.63) is 72.3 Å². The van der Waals surface area contributed by atoms with E-state index in [9.17, 15) is 4.79 Å². The van der Waals surface area contributed by atoms with E-state index < -0.39 is 0 Å². The Morgan fingerprint density at radius 2 is 1.70 bits per heavy atom. The van der Waals surface area contributed by atoms with Crippen molar-refractivity contribution in [3.8, 4) is 11.5 Å². The number of ether oxygens (including phenoxy) is 2. The van der Waals surface area contributed by atoms with Gasteiger partial charge in [0.15, 0.2) is 11.5 Å². The number of hydrogen-bond acceptors (Lipinski definition) is 6. The lowest BCUT2D eigenvalue weighted by molar-refractivity contribution is 0.0950. The average Bonchev–Trinajstić information content (AvgIpc) is 2.73. The number of amides is 1. The summed E-state index contributed by atoms with van der Waals surface area (Å²) in [7, 11) is 3.17. The van der Waals surface area contributed by atoms with Crippen LogP contribution in [0.15, 0.2) is 61.2 Å². The molecular weight excluding hydrogens is 344 g/mol. The molecule has 0 atom stereocenters. The van der Waals surface area contributed by atoms with Gasteiger partial charge in [-0.3, -0.25) is 14.8 Å². The van der Waals surface area contributed by atoms with Crippen LogP contribution < -0.4 is 20.1 Å². The largest absolute Gasteiger partial charge is 0.493 e. The lowest BCUT2D eigenvalue weighted by atomic mass is 10.2. The minimum absolute atomic E-state index is 0.199. The Labute approximate surface area is 157 Å². The van der Waals surface area contributed by atoms with Crippen LogP contribution in [0, 0.1) is 0 Å². The molecule has 0 fully saturated rings. The maximum absolute atomic E-state index is 12.4. The van der Waals surface area contributed by atoms with Gasteiger partial charge in [-0.25, -0.2) is 0 Å². The fraction of sp³-hybridized carbons (Fsp3) is 0.150. The zero-order valence-corrected chi connectivity index (χ0v) is 15.1. The standard InChI is InChI=1S/C20H20N4O3/c1-26-18-4-3-16(10-19(18)27-2)24-17-9-15(12-22-13-17)20(25)23-11-14-5-7-21-8-6-14/h3-10,12-13,24H,11H2,1-2H3,(H,23,25). The fourth-order valence-electron chi connectivity index (χ4n) is 2.50. The van der Waals surface area contributed by atoms with Gasteiger partial charge in [0, 0.05) is 36.9 Å². The Morgan fingerprint density at radius 1 is 0.926 bits per heavy atom. The molecule has 0 aliphatic carbocycles. The number of hydrogen-bond donors (Lipinski definition) is 2. The van der Waals surface area contributed by atoms with Crippen molar-refractivity contribution in [1.29, 1.82) is 0 Å². The van der Waals surface area contributed by atoms with Crippen molar-refractivity contribution in [3.63, 3.8) is 0 Å². The molecule has 0 saturated carbocycles. The first-order valence-electron chi connectivity index (χ1n) is 8.31. The number of nitrogens with zero attached hydrogens (tertiary/aromatic N) is 2. The highest BCUT2D eigenvalue weighted by molar-refractivity contribution is 5.94. The Kier molecular flexibility index (Phi) is 5.84. The minimum atomic E-state index is -0.199. The number of aromatic nitrogens is 2. The highest BCUT2D eigenvalue weighted by Gasteiger charge is 2.09. The first-order chi connectivity index (χ1) is 13.2. The van der Waals surface area contributed by atoms with Gasteiger partial charge in [0.2, 0.25) is 0 Å². The molecule has 2 heterocycles. The monoisotopic (exact) mass is 364 g/mol. The van der Waals surface area contributed by atoms with Crippen LogP contribution >= 0.6 is 0 Å². The molecule has 0 radical (unpaired) electrons. The Hall–Kier alpha value is -3.61. The molecule has 27 heavy (non-hydrogen) atoms. The second kappa shape index (κ2) is 8.66. The van der Waals surface area contributed by atoms with Gasteiger partial charge in [-0.05, 0) is 35.9 Å². The van der Waals surface area contributed by atoms with Crippen molar-refractivity contribution in [2.24, 2.45) is 0 Å². The van der Waals surface area contributed by atoms with E-state index in [1.54, 1.807) is 44.9 Å². The van der Waals surface area contributed by atoms with Crippen LogP contribution in [-0.2, 0) is 6.54 Å². The van der Waals surface area contributed by atoms with Crippen molar-refractivity contribution in [1.82, 2.24) is 15.3 Å². The summed E-state index contributed by atoms with van der Waals surface area (Å²) >= 11 is 0. The molecule has 0 aliphatic heterocycles. The van der Waals surface area contributed by atoms with Gasteiger partial charge in [0.05, 0.1) is 31.7 Å². The average molecular weight is 364 g/mol. The maximum Gasteiger partial charge on any atom is 0.253 e. The number of carbonyl (C=O) groups is 1. The lowest BCUT2D eigenvalue weighted by Crippen LogP contribution is -2.23. The minimum Gasteiger partial charge on any atom is -0.493 e.